The van der Waals surface area contributed by atoms with Gasteiger partial charge in [0.2, 0.25) is 0 Å². The van der Waals surface area contributed by atoms with Gasteiger partial charge >= 0.3 is 16.8 Å². The van der Waals surface area contributed by atoms with E-state index in [1.165, 1.54) is 0 Å². The second-order valence-corrected chi connectivity index (χ2v) is 8.29. The molecule has 0 bridgehead atoms. The maximum Gasteiger partial charge on any atom is 2.00 e. The van der Waals surface area contributed by atoms with Gasteiger partial charge in [-0.15, -0.1) is 11.4 Å². The van der Waals surface area contributed by atoms with Gasteiger partial charge in [0.1, 0.15) is 23.0 Å². The number of benzene rings is 4. The molecule has 223 valence electrons. The second kappa shape index (κ2) is 20.0. The monoisotopic (exact) mass is 621 g/mol. The van der Waals surface area contributed by atoms with Crippen LogP contribution >= 0.6 is 0 Å². The van der Waals surface area contributed by atoms with Crippen LogP contribution in [0.1, 0.15) is 0 Å². The Labute approximate surface area is 264 Å². The molecule has 0 fully saturated rings. The van der Waals surface area contributed by atoms with Crippen molar-refractivity contribution in [3.8, 4) is 23.0 Å². The zero-order valence-electron chi connectivity index (χ0n) is 24.5. The normalized spacial score (nSPS) is 10.7. The fraction of sp³-hybridized carbons (Fsp3) is 0.118. The van der Waals surface area contributed by atoms with Gasteiger partial charge in [0.05, 0.1) is 39.8 Å². The first-order valence-electron chi connectivity index (χ1n) is 13.0. The summed E-state index contributed by atoms with van der Waals surface area (Å²) in [5.74, 6) is 3.27. The largest absolute Gasteiger partial charge is 2.00 e. The molecule has 4 rings (SSSR count). The summed E-state index contributed by atoms with van der Waals surface area (Å²) < 4.78 is 20.4. The first-order valence-corrected chi connectivity index (χ1v) is 13.0. The molecule has 4 aromatic carbocycles. The first-order chi connectivity index (χ1) is 20.6. The molecule has 4 aromatic rings. The number of nitrogens with zero attached hydrogens (tertiary/aromatic N) is 4. The molecule has 0 saturated carbocycles. The Kier molecular flexibility index (Phi) is 15.9. The molecule has 43 heavy (non-hydrogen) atoms. The fourth-order valence-corrected chi connectivity index (χ4v) is 3.27. The third kappa shape index (κ3) is 13.0. The van der Waals surface area contributed by atoms with E-state index in [-0.39, 0.29) is 16.8 Å². The Morgan fingerprint density at radius 2 is 0.721 bits per heavy atom. The maximum atomic E-state index is 5.09. The average molecular weight is 622 g/mol. The zero-order valence-corrected chi connectivity index (χ0v) is 25.5. The summed E-state index contributed by atoms with van der Waals surface area (Å²) in [6, 6.07) is 30.1. The summed E-state index contributed by atoms with van der Waals surface area (Å²) in [6.45, 7) is 0. The van der Waals surface area contributed by atoms with Crippen LogP contribution in [-0.2, 0) is 16.8 Å². The molecule has 0 aliphatic rings. The number of hydrogen-bond donors (Lipinski definition) is 0. The van der Waals surface area contributed by atoms with Crippen molar-refractivity contribution in [3.63, 3.8) is 0 Å². The van der Waals surface area contributed by atoms with Gasteiger partial charge in [0.15, 0.2) is 0 Å². The van der Waals surface area contributed by atoms with Crippen LogP contribution in [0.2, 0.25) is 0 Å². The Balaban J connectivity index is 0.000000293. The van der Waals surface area contributed by atoms with Crippen molar-refractivity contribution < 1.29 is 35.7 Å². The van der Waals surface area contributed by atoms with Crippen molar-refractivity contribution in [1.82, 2.24) is 0 Å². The van der Waals surface area contributed by atoms with E-state index in [9.17, 15) is 0 Å². The van der Waals surface area contributed by atoms with Gasteiger partial charge in [0, 0.05) is 12.4 Å². The summed E-state index contributed by atoms with van der Waals surface area (Å²) in [7, 11) is 6.56. The Bertz CT molecular complexity index is 1320. The molecule has 0 saturated heterocycles. The second-order valence-electron chi connectivity index (χ2n) is 8.29. The molecule has 8 nitrogen and oxygen atoms in total. The maximum absolute atomic E-state index is 5.09. The minimum absolute atomic E-state index is 0. The fourth-order valence-electron chi connectivity index (χ4n) is 3.27. The van der Waals surface area contributed by atoms with Crippen LogP contribution in [0.15, 0.2) is 132 Å². The minimum atomic E-state index is 0. The molecule has 0 atom stereocenters. The van der Waals surface area contributed by atoms with Gasteiger partial charge in [0.25, 0.3) is 0 Å². The van der Waals surface area contributed by atoms with Crippen LogP contribution in [0.25, 0.3) is 10.6 Å². The standard InChI is InChI=1S/2C17H17N2O2.Co/c2*1-20-16-8-4-14(5-9-16)18-12-3-13-19-15-6-10-17(21-2)11-7-15;/h2*3-13H,1-2H3;/q2*-1;+2. The summed E-state index contributed by atoms with van der Waals surface area (Å²) in [5, 5.41) is 8.59. The van der Waals surface area contributed by atoms with Crippen molar-refractivity contribution in [2.75, 3.05) is 28.4 Å². The van der Waals surface area contributed by atoms with Crippen LogP contribution in [0.4, 0.5) is 22.7 Å². The van der Waals surface area contributed by atoms with Crippen molar-refractivity contribution in [2.45, 2.75) is 0 Å². The first kappa shape index (κ1) is 34.2. The van der Waals surface area contributed by atoms with Crippen molar-refractivity contribution in [1.29, 1.82) is 0 Å². The predicted molar refractivity (Wildman–Crippen MR) is 173 cm³/mol. The molecule has 0 unspecified atom stereocenters. The van der Waals surface area contributed by atoms with Crippen LogP contribution in [-0.4, -0.2) is 40.9 Å². The summed E-state index contributed by atoms with van der Waals surface area (Å²) in [5.41, 5.74) is 3.46. The van der Waals surface area contributed by atoms with Gasteiger partial charge in [-0.05, 0) is 72.8 Å². The van der Waals surface area contributed by atoms with Gasteiger partial charge in [-0.25, -0.2) is 0 Å². The molecule has 0 aromatic heterocycles. The smallest absolute Gasteiger partial charge is 0.664 e. The van der Waals surface area contributed by atoms with E-state index in [0.717, 1.165) is 45.7 Å². The Hall–Kier alpha value is -4.99. The third-order valence-electron chi connectivity index (χ3n) is 5.53. The Morgan fingerprint density at radius 3 is 1.00 bits per heavy atom. The van der Waals surface area contributed by atoms with Crippen LogP contribution in [0, 0.1) is 0 Å². The van der Waals surface area contributed by atoms with Crippen LogP contribution < -0.4 is 18.9 Å². The molecular weight excluding hydrogens is 587 g/mol. The number of methoxy groups -OCH3 is 4. The molecule has 1 radical (unpaired) electrons. The van der Waals surface area contributed by atoms with Crippen molar-refractivity contribution in [3.05, 3.63) is 132 Å². The van der Waals surface area contributed by atoms with Gasteiger partial charge in [-0.3, -0.25) is 9.98 Å². The van der Waals surface area contributed by atoms with Crippen molar-refractivity contribution in [2.24, 2.45) is 9.98 Å². The summed E-state index contributed by atoms with van der Waals surface area (Å²) >= 11 is 0. The molecule has 0 N–H and O–H groups in total. The summed E-state index contributed by atoms with van der Waals surface area (Å²) in [4.78, 5) is 8.59. The quantitative estimate of drug-likeness (QED) is 0.148. The Morgan fingerprint density at radius 1 is 0.442 bits per heavy atom. The molecule has 0 aliphatic heterocycles. The molecule has 9 heteroatoms. The average Bonchev–Trinajstić information content (AvgIpc) is 3.06. The number of allylic oxidation sites excluding steroid dienone is 2. The number of ether oxygens (including phenoxy) is 4. The molecular formula is C34H34CoN4O4. The number of rotatable bonds is 12. The van der Waals surface area contributed by atoms with Crippen LogP contribution in [0.3, 0.4) is 0 Å². The van der Waals surface area contributed by atoms with Crippen LogP contribution in [0.5, 0.6) is 23.0 Å². The SMILES string of the molecule is COc1ccc(N=CC=C[N-]c2ccc(OC)cc2)cc1.COc1ccc(N=CC=C[N-]c2ccc(OC)cc2)cc1.[Co+2]. The van der Waals surface area contributed by atoms with E-state index in [1.54, 1.807) is 65.4 Å². The number of hydrogen-bond acceptors (Lipinski definition) is 6. The van der Waals surface area contributed by atoms with E-state index in [2.05, 4.69) is 20.6 Å². The van der Waals surface area contributed by atoms with E-state index in [4.69, 9.17) is 18.9 Å². The van der Waals surface area contributed by atoms with E-state index in [1.807, 2.05) is 97.1 Å². The predicted octanol–water partition coefficient (Wildman–Crippen LogP) is 9.25. The molecule has 0 heterocycles. The van der Waals surface area contributed by atoms with Gasteiger partial charge < -0.3 is 29.6 Å². The van der Waals surface area contributed by atoms with Gasteiger partial charge in [-0.1, -0.05) is 36.4 Å². The van der Waals surface area contributed by atoms with E-state index in [0.29, 0.717) is 0 Å². The van der Waals surface area contributed by atoms with Gasteiger partial charge in [-0.2, -0.15) is 12.4 Å². The molecule has 0 aliphatic carbocycles. The molecule has 0 amide bonds. The zero-order chi connectivity index (χ0) is 29.8. The van der Waals surface area contributed by atoms with E-state index >= 15 is 0 Å². The van der Waals surface area contributed by atoms with E-state index < -0.39 is 0 Å². The van der Waals surface area contributed by atoms with Crippen molar-refractivity contribution >= 4 is 35.2 Å². The topological polar surface area (TPSA) is 89.8 Å². The molecule has 0 spiro atoms. The third-order valence-corrected chi connectivity index (χ3v) is 5.53. The number of aliphatic imine (C=N–C) groups is 2. The summed E-state index contributed by atoms with van der Waals surface area (Å²) in [6.07, 6.45) is 10.4. The minimum Gasteiger partial charge on any atom is -0.664 e.